The number of benzene rings is 2. The summed E-state index contributed by atoms with van der Waals surface area (Å²) < 4.78 is 22.5. The van der Waals surface area contributed by atoms with Crippen molar-refractivity contribution in [3.05, 3.63) is 59.7 Å². The third kappa shape index (κ3) is 8.00. The molecular weight excluding hydrogens is 416 g/mol. The van der Waals surface area contributed by atoms with Gasteiger partial charge in [-0.2, -0.15) is 0 Å². The Morgan fingerprint density at radius 3 is 1.74 bits per heavy atom. The van der Waals surface area contributed by atoms with Gasteiger partial charge < -0.3 is 24.1 Å². The number of halogens is 1. The second-order valence-corrected chi connectivity index (χ2v) is 8.65. The zero-order valence-electron chi connectivity index (χ0n) is 19.1. The Bertz CT molecular complexity index is 758. The van der Waals surface area contributed by atoms with Crippen molar-refractivity contribution in [3.8, 4) is 11.5 Å². The van der Waals surface area contributed by atoms with E-state index in [9.17, 15) is 5.11 Å². The number of aliphatic hydroxyl groups is 1. The maximum absolute atomic E-state index is 9.52. The van der Waals surface area contributed by atoms with Gasteiger partial charge in [0.25, 0.3) is 0 Å². The molecule has 0 aliphatic rings. The summed E-state index contributed by atoms with van der Waals surface area (Å²) in [7, 11) is 1.67. The first-order chi connectivity index (χ1) is 14.8. The van der Waals surface area contributed by atoms with Crippen LogP contribution in [0, 0.1) is 0 Å². The van der Waals surface area contributed by atoms with Gasteiger partial charge in [-0.15, -0.1) is 11.6 Å². The smallest absolute Gasteiger partial charge is 0.119 e. The Morgan fingerprint density at radius 2 is 1.32 bits per heavy atom. The first-order valence-electron chi connectivity index (χ1n) is 10.6. The summed E-state index contributed by atoms with van der Waals surface area (Å²) in [5, 5.41) is 9.52. The molecule has 0 fully saturated rings. The second-order valence-electron chi connectivity index (χ2n) is 8.34. The molecule has 2 rings (SSSR count). The zero-order chi connectivity index (χ0) is 22.9. The number of methoxy groups -OCH3 is 1. The van der Waals surface area contributed by atoms with Crippen LogP contribution in [0.1, 0.15) is 38.8 Å². The molecule has 172 valence electrons. The Balaban J connectivity index is 1.97. The third-order valence-corrected chi connectivity index (χ3v) is 5.51. The molecule has 0 amide bonds. The van der Waals surface area contributed by atoms with E-state index in [4.69, 9.17) is 30.5 Å². The normalized spacial score (nSPS) is 13.8. The molecule has 5 nitrogen and oxygen atoms in total. The monoisotopic (exact) mass is 450 g/mol. The van der Waals surface area contributed by atoms with Gasteiger partial charge in [0.2, 0.25) is 0 Å². The maximum Gasteiger partial charge on any atom is 0.119 e. The summed E-state index contributed by atoms with van der Waals surface area (Å²) in [6, 6.07) is 16.1. The highest BCUT2D eigenvalue weighted by Crippen LogP contribution is 2.33. The van der Waals surface area contributed by atoms with Gasteiger partial charge in [-0.3, -0.25) is 0 Å². The fourth-order valence-corrected chi connectivity index (χ4v) is 3.10. The number of hydrogen-bond donors (Lipinski definition) is 1. The van der Waals surface area contributed by atoms with E-state index in [1.165, 1.54) is 5.56 Å². The van der Waals surface area contributed by atoms with Crippen LogP contribution in [0.4, 0.5) is 0 Å². The maximum atomic E-state index is 9.52. The van der Waals surface area contributed by atoms with E-state index in [2.05, 4.69) is 26.0 Å². The van der Waals surface area contributed by atoms with Crippen LogP contribution in [0.15, 0.2) is 48.5 Å². The average Bonchev–Trinajstić information content (AvgIpc) is 2.78. The Morgan fingerprint density at radius 1 is 0.839 bits per heavy atom. The van der Waals surface area contributed by atoms with Gasteiger partial charge in [0.05, 0.1) is 18.6 Å². The van der Waals surface area contributed by atoms with E-state index < -0.39 is 6.10 Å². The van der Waals surface area contributed by atoms with Crippen molar-refractivity contribution in [2.45, 2.75) is 51.4 Å². The SMILES string of the molecule is COC(COc1ccc(C(C)(C)c2ccc(OCC(O)CCl)cc2)cc1)COC(C)C. The fraction of sp³-hybridized carbons (Fsp3) is 0.520. The first kappa shape index (κ1) is 25.5. The van der Waals surface area contributed by atoms with Gasteiger partial charge in [-0.05, 0) is 49.2 Å². The standard InChI is InChI=1S/C25H35ClO5/c1-18(2)29-16-24(28-5)17-31-23-12-8-20(9-13-23)25(3,4)19-6-10-22(11-7-19)30-15-21(27)14-26/h6-13,18,21,24,27H,14-17H2,1-5H3. The van der Waals surface area contributed by atoms with Crippen molar-refractivity contribution in [3.63, 3.8) is 0 Å². The van der Waals surface area contributed by atoms with E-state index >= 15 is 0 Å². The topological polar surface area (TPSA) is 57.2 Å². The fourth-order valence-electron chi connectivity index (χ4n) is 3.01. The van der Waals surface area contributed by atoms with Crippen LogP contribution in [0.3, 0.4) is 0 Å². The molecule has 0 saturated heterocycles. The van der Waals surface area contributed by atoms with Crippen LogP contribution in [-0.2, 0) is 14.9 Å². The zero-order valence-corrected chi connectivity index (χ0v) is 19.9. The van der Waals surface area contributed by atoms with E-state index in [1.54, 1.807) is 7.11 Å². The van der Waals surface area contributed by atoms with Crippen molar-refractivity contribution in [2.75, 3.05) is 32.8 Å². The van der Waals surface area contributed by atoms with Crippen molar-refractivity contribution in [1.29, 1.82) is 0 Å². The minimum absolute atomic E-state index is 0.107. The largest absolute Gasteiger partial charge is 0.491 e. The summed E-state index contributed by atoms with van der Waals surface area (Å²) >= 11 is 5.60. The molecule has 1 N–H and O–H groups in total. The number of alkyl halides is 1. The van der Waals surface area contributed by atoms with Crippen molar-refractivity contribution in [2.24, 2.45) is 0 Å². The Hall–Kier alpha value is -1.79. The molecule has 2 unspecified atom stereocenters. The lowest BCUT2D eigenvalue weighted by Gasteiger charge is -2.26. The van der Waals surface area contributed by atoms with Gasteiger partial charge in [0.15, 0.2) is 0 Å². The minimum atomic E-state index is -0.666. The van der Waals surface area contributed by atoms with Gasteiger partial charge in [-0.1, -0.05) is 38.1 Å². The molecule has 2 aromatic carbocycles. The van der Waals surface area contributed by atoms with Gasteiger partial charge in [0, 0.05) is 12.5 Å². The highest BCUT2D eigenvalue weighted by molar-refractivity contribution is 6.18. The molecule has 0 saturated carbocycles. The lowest BCUT2D eigenvalue weighted by molar-refractivity contribution is -0.0333. The molecule has 2 atom stereocenters. The van der Waals surface area contributed by atoms with Crippen molar-refractivity contribution >= 4 is 11.6 Å². The van der Waals surface area contributed by atoms with Gasteiger partial charge >= 0.3 is 0 Å². The molecule has 0 aromatic heterocycles. The van der Waals surface area contributed by atoms with Crippen molar-refractivity contribution in [1.82, 2.24) is 0 Å². The molecule has 2 aromatic rings. The van der Waals surface area contributed by atoms with Crippen LogP contribution in [0.2, 0.25) is 0 Å². The number of rotatable bonds is 13. The van der Waals surface area contributed by atoms with E-state index in [0.29, 0.717) is 19.0 Å². The second kappa shape index (κ2) is 12.3. The van der Waals surface area contributed by atoms with E-state index in [0.717, 1.165) is 11.3 Å². The predicted octanol–water partition coefficient (Wildman–Crippen LogP) is 4.81. The summed E-state index contributed by atoms with van der Waals surface area (Å²) in [6.45, 7) is 9.48. The van der Waals surface area contributed by atoms with Crippen molar-refractivity contribution < 1.29 is 24.1 Å². The average molecular weight is 451 g/mol. The van der Waals surface area contributed by atoms with E-state index in [1.807, 2.05) is 50.2 Å². The molecule has 0 aliphatic heterocycles. The predicted molar refractivity (Wildman–Crippen MR) is 125 cm³/mol. The van der Waals surface area contributed by atoms with E-state index in [-0.39, 0.29) is 30.1 Å². The van der Waals surface area contributed by atoms with Crippen LogP contribution >= 0.6 is 11.6 Å². The highest BCUT2D eigenvalue weighted by atomic mass is 35.5. The lowest BCUT2D eigenvalue weighted by Crippen LogP contribution is -2.27. The quantitative estimate of drug-likeness (QED) is 0.444. The van der Waals surface area contributed by atoms with Gasteiger partial charge in [0.1, 0.15) is 36.9 Å². The number of ether oxygens (including phenoxy) is 4. The summed E-state index contributed by atoms with van der Waals surface area (Å²) in [6.07, 6.45) is -0.609. The summed E-state index contributed by atoms with van der Waals surface area (Å²) in [5.74, 6) is 1.66. The van der Waals surface area contributed by atoms with Crippen LogP contribution in [-0.4, -0.2) is 56.2 Å². The molecule has 0 bridgehead atoms. The van der Waals surface area contributed by atoms with Crippen LogP contribution in [0.25, 0.3) is 0 Å². The van der Waals surface area contributed by atoms with Crippen LogP contribution < -0.4 is 9.47 Å². The Kier molecular flexibility index (Phi) is 10.1. The minimum Gasteiger partial charge on any atom is -0.491 e. The highest BCUT2D eigenvalue weighted by Gasteiger charge is 2.23. The molecule has 31 heavy (non-hydrogen) atoms. The molecular formula is C25H35ClO5. The Labute approximate surface area is 191 Å². The summed E-state index contributed by atoms with van der Waals surface area (Å²) in [5.41, 5.74) is 2.15. The van der Waals surface area contributed by atoms with Crippen LogP contribution in [0.5, 0.6) is 11.5 Å². The molecule has 0 radical (unpaired) electrons. The first-order valence-corrected chi connectivity index (χ1v) is 11.1. The number of aliphatic hydroxyl groups excluding tert-OH is 1. The summed E-state index contributed by atoms with van der Waals surface area (Å²) in [4.78, 5) is 0. The number of hydrogen-bond acceptors (Lipinski definition) is 5. The third-order valence-electron chi connectivity index (χ3n) is 5.16. The molecule has 6 heteroatoms. The lowest BCUT2D eigenvalue weighted by atomic mass is 9.78. The molecule has 0 spiro atoms. The molecule has 0 heterocycles. The van der Waals surface area contributed by atoms with Gasteiger partial charge in [-0.25, -0.2) is 0 Å². The molecule has 0 aliphatic carbocycles.